The predicted octanol–water partition coefficient (Wildman–Crippen LogP) is -1.71. The van der Waals surface area contributed by atoms with E-state index >= 15 is 0 Å². The van der Waals surface area contributed by atoms with E-state index in [4.69, 9.17) is 39.0 Å². The maximum absolute atomic E-state index is 13.3. The van der Waals surface area contributed by atoms with Gasteiger partial charge in [-0.15, -0.1) is 0 Å². The van der Waals surface area contributed by atoms with Crippen LogP contribution >= 0.6 is 15.6 Å². The van der Waals surface area contributed by atoms with E-state index in [1.165, 1.54) is 17.2 Å². The fourth-order valence-electron chi connectivity index (χ4n) is 5.73. The molecule has 0 aromatic carbocycles. The number of nitrogens with zero attached hydrogens (tertiary/aromatic N) is 7. The number of aliphatic hydroxyl groups is 2. The number of rotatable bonds is 2. The smallest absolute Gasteiger partial charge is 0.390 e. The van der Waals surface area contributed by atoms with Gasteiger partial charge in [-0.25, -0.2) is 29.1 Å². The molecule has 3 saturated heterocycles. The molecule has 0 aliphatic carbocycles. The van der Waals surface area contributed by atoms with Crippen LogP contribution in [-0.2, 0) is 36.7 Å². The normalized spacial score (nSPS) is 38.4. The van der Waals surface area contributed by atoms with Gasteiger partial charge in [-0.05, 0) is 0 Å². The number of nitrogens with one attached hydrogen (secondary N) is 1. The first kappa shape index (κ1) is 32.1. The van der Waals surface area contributed by atoms with Gasteiger partial charge in [-0.1, -0.05) is 6.92 Å². The zero-order valence-electron chi connectivity index (χ0n) is 24.0. The van der Waals surface area contributed by atoms with Gasteiger partial charge in [0.1, 0.15) is 48.6 Å². The number of phosphoric acid groups is 2. The molecule has 25 heteroatoms. The number of nitrogens with two attached hydrogens (primary N) is 2. The van der Waals surface area contributed by atoms with Crippen LogP contribution in [0.4, 0.5) is 11.8 Å². The number of phosphoric ester groups is 2. The molecule has 7 heterocycles. The molecular formula is C22H28N10O13P2. The topological polar surface area (TPSA) is 330 Å². The van der Waals surface area contributed by atoms with Crippen molar-refractivity contribution < 1.29 is 56.7 Å². The molecule has 0 spiro atoms. The number of hydrogen-bond acceptors (Lipinski definition) is 18. The Balaban J connectivity index is 1.22. The third-order valence-electron chi connectivity index (χ3n) is 8.02. The Labute approximate surface area is 261 Å². The highest BCUT2D eigenvalue weighted by Crippen LogP contribution is 2.53. The van der Waals surface area contributed by atoms with Gasteiger partial charge in [-0.3, -0.25) is 37.0 Å². The number of nitrogen functional groups attached to an aromatic ring is 2. The summed E-state index contributed by atoms with van der Waals surface area (Å²) in [6, 6.07) is 0. The standard InChI is InChI=1S/C22H28N10O13P2/c1-7-12(33)14-9(43-20(7)31-5-27-10-16(23)25-4-26-17(10)31)3-41-47(38,39)45-15-13(34)8(2-40-46(36,37)44-14)42-21(15)32-6-28-11-18(32)29-22(24)30-19(11)35/h4-9,12-15,20-21,33-34H,2-3H2,1H3,(H,36,37)(H,38,39)(H2,23,25,26)(H3,24,29,30,35). The molecule has 2 bridgehead atoms. The molecule has 0 saturated carbocycles. The average molecular weight is 702 g/mol. The average Bonchev–Trinajstić information content (AvgIpc) is 3.70. The molecule has 11 atom stereocenters. The Morgan fingerprint density at radius 3 is 2.19 bits per heavy atom. The second kappa shape index (κ2) is 11.6. The van der Waals surface area contributed by atoms with Crippen molar-refractivity contribution >= 4 is 49.7 Å². The van der Waals surface area contributed by atoms with Crippen LogP contribution in [-0.4, -0.2) is 109 Å². The first-order valence-electron chi connectivity index (χ1n) is 13.9. The minimum absolute atomic E-state index is 0.0784. The number of imidazole rings is 2. The quantitative estimate of drug-likeness (QED) is 0.114. The summed E-state index contributed by atoms with van der Waals surface area (Å²) in [4.78, 5) is 56.3. The molecule has 0 amide bonds. The van der Waals surface area contributed by atoms with Crippen LogP contribution in [0.25, 0.3) is 22.3 Å². The van der Waals surface area contributed by atoms with Crippen LogP contribution in [0.1, 0.15) is 19.4 Å². The van der Waals surface area contributed by atoms with Gasteiger partial charge in [0.25, 0.3) is 5.56 Å². The van der Waals surface area contributed by atoms with Crippen molar-refractivity contribution in [2.45, 2.75) is 56.0 Å². The maximum atomic E-state index is 13.3. The Hall–Kier alpha value is -3.44. The molecule has 3 aliphatic rings. The Bertz CT molecular complexity index is 1990. The van der Waals surface area contributed by atoms with E-state index in [2.05, 4.69) is 29.9 Å². The number of ether oxygens (including phenoxy) is 2. The molecule has 7 rings (SSSR count). The fourth-order valence-corrected chi connectivity index (χ4v) is 7.63. The van der Waals surface area contributed by atoms with Crippen molar-refractivity contribution in [3.63, 3.8) is 0 Å². The zero-order valence-corrected chi connectivity index (χ0v) is 25.8. The highest BCUT2D eigenvalue weighted by atomic mass is 31.2. The molecule has 9 N–H and O–H groups in total. The van der Waals surface area contributed by atoms with Crippen molar-refractivity contribution in [1.82, 2.24) is 39.0 Å². The van der Waals surface area contributed by atoms with Crippen LogP contribution in [0.2, 0.25) is 0 Å². The van der Waals surface area contributed by atoms with Crippen molar-refractivity contribution in [1.29, 1.82) is 0 Å². The summed E-state index contributed by atoms with van der Waals surface area (Å²) >= 11 is 0. The summed E-state index contributed by atoms with van der Waals surface area (Å²) in [7, 11) is -10.2. The number of anilines is 2. The second-order valence-corrected chi connectivity index (χ2v) is 13.8. The number of aliphatic hydroxyl groups excluding tert-OH is 2. The van der Waals surface area contributed by atoms with Crippen LogP contribution < -0.4 is 17.0 Å². The monoisotopic (exact) mass is 702 g/mol. The molecule has 3 aliphatic heterocycles. The first-order valence-corrected chi connectivity index (χ1v) is 16.9. The highest BCUT2D eigenvalue weighted by Gasteiger charge is 2.53. The van der Waals surface area contributed by atoms with Gasteiger partial charge in [0.05, 0.1) is 32.0 Å². The number of aromatic nitrogens is 8. The number of H-pyrrole nitrogens is 1. The van der Waals surface area contributed by atoms with Gasteiger partial charge in [0.2, 0.25) is 5.95 Å². The third kappa shape index (κ3) is 5.73. The van der Waals surface area contributed by atoms with Gasteiger partial charge in [0.15, 0.2) is 28.9 Å². The zero-order chi connectivity index (χ0) is 33.4. The molecule has 4 aromatic heterocycles. The molecule has 4 aromatic rings. The summed E-state index contributed by atoms with van der Waals surface area (Å²) in [6.45, 7) is -0.100. The van der Waals surface area contributed by atoms with Crippen LogP contribution in [0.15, 0.2) is 23.8 Å². The molecule has 47 heavy (non-hydrogen) atoms. The molecule has 3 fully saturated rings. The molecule has 11 unspecified atom stereocenters. The Kier molecular flexibility index (Phi) is 7.94. The van der Waals surface area contributed by atoms with Crippen LogP contribution in [0, 0.1) is 5.92 Å². The van der Waals surface area contributed by atoms with E-state index in [1.807, 2.05) is 0 Å². The summed E-state index contributed by atoms with van der Waals surface area (Å²) in [5, 5.41) is 22.4. The van der Waals surface area contributed by atoms with Gasteiger partial charge in [-0.2, -0.15) is 4.98 Å². The lowest BCUT2D eigenvalue weighted by molar-refractivity contribution is -0.223. The summed E-state index contributed by atoms with van der Waals surface area (Å²) in [5.74, 6) is -1.07. The molecule has 254 valence electrons. The van der Waals surface area contributed by atoms with Gasteiger partial charge < -0.3 is 40.9 Å². The minimum atomic E-state index is -5.14. The van der Waals surface area contributed by atoms with Crippen molar-refractivity contribution in [3.8, 4) is 0 Å². The number of aromatic amines is 1. The lowest BCUT2D eigenvalue weighted by atomic mass is 9.91. The summed E-state index contributed by atoms with van der Waals surface area (Å²) < 4.78 is 62.0. The lowest BCUT2D eigenvalue weighted by Gasteiger charge is -2.43. The van der Waals surface area contributed by atoms with Crippen molar-refractivity contribution in [2.24, 2.45) is 5.92 Å². The highest BCUT2D eigenvalue weighted by molar-refractivity contribution is 7.47. The first-order chi connectivity index (χ1) is 22.2. The van der Waals surface area contributed by atoms with Crippen LogP contribution in [0.3, 0.4) is 0 Å². The summed E-state index contributed by atoms with van der Waals surface area (Å²) in [5.41, 5.74) is 11.0. The molecule has 23 nitrogen and oxygen atoms in total. The van der Waals surface area contributed by atoms with Crippen LogP contribution in [0.5, 0.6) is 0 Å². The van der Waals surface area contributed by atoms with Gasteiger partial charge >= 0.3 is 15.6 Å². The van der Waals surface area contributed by atoms with Crippen molar-refractivity contribution in [3.05, 3.63) is 29.3 Å². The number of fused-ring (bicyclic) bond motifs is 5. The minimum Gasteiger partial charge on any atom is -0.390 e. The van der Waals surface area contributed by atoms with E-state index in [0.717, 1.165) is 10.9 Å². The lowest BCUT2D eigenvalue weighted by Crippen LogP contribution is -2.54. The van der Waals surface area contributed by atoms with Crippen molar-refractivity contribution in [2.75, 3.05) is 24.7 Å². The number of hydrogen-bond donors (Lipinski definition) is 7. The van der Waals surface area contributed by atoms with E-state index in [0.29, 0.717) is 0 Å². The summed E-state index contributed by atoms with van der Waals surface area (Å²) in [6.07, 6.45) is -8.61. The van der Waals surface area contributed by atoms with E-state index in [9.17, 15) is 33.9 Å². The Morgan fingerprint density at radius 2 is 1.47 bits per heavy atom. The largest absolute Gasteiger partial charge is 0.472 e. The van der Waals surface area contributed by atoms with E-state index < -0.39 is 89.4 Å². The van der Waals surface area contributed by atoms with E-state index in [1.54, 1.807) is 6.92 Å². The maximum Gasteiger partial charge on any atom is 0.472 e. The second-order valence-electron chi connectivity index (χ2n) is 11.0. The predicted molar refractivity (Wildman–Crippen MR) is 153 cm³/mol. The third-order valence-corrected chi connectivity index (χ3v) is 9.99. The Morgan fingerprint density at radius 1 is 0.851 bits per heavy atom. The fraction of sp³-hybridized carbons (Fsp3) is 0.545. The SMILES string of the molecule is CC1C(O)C2OP(=O)(O)OCC3OC(n4cnc5c(=O)[nH]c(N)nc54)C(OP(=O)(O)OCC2OC1n1cnc2c(N)ncnc21)C3O. The molecular weight excluding hydrogens is 674 g/mol. The van der Waals surface area contributed by atoms with E-state index in [-0.39, 0.29) is 34.1 Å². The molecule has 0 radical (unpaired) electrons. The van der Waals surface area contributed by atoms with Gasteiger partial charge in [0, 0.05) is 5.92 Å².